The molecule has 0 fully saturated rings. The average Bonchev–Trinajstić information content (AvgIpc) is 3.20. The van der Waals surface area contributed by atoms with Crippen molar-refractivity contribution < 1.29 is 37.1 Å². The van der Waals surface area contributed by atoms with Crippen LogP contribution in [0.2, 0.25) is 0 Å². The lowest BCUT2D eigenvalue weighted by molar-refractivity contribution is -0.140. The van der Waals surface area contributed by atoms with Gasteiger partial charge in [-0.15, -0.1) is 0 Å². The molecule has 3 aromatic rings. The minimum absolute atomic E-state index is 0.0949. The van der Waals surface area contributed by atoms with E-state index >= 15 is 0 Å². The molecule has 1 atom stereocenters. The quantitative estimate of drug-likeness (QED) is 0.409. The fraction of sp³-hybridized carbons (Fsp3) is 0.231. The van der Waals surface area contributed by atoms with E-state index in [1.165, 1.54) is 6.07 Å². The molecule has 36 heavy (non-hydrogen) atoms. The maximum atomic E-state index is 11.8. The van der Waals surface area contributed by atoms with Crippen LogP contribution in [0.25, 0.3) is 11.1 Å². The van der Waals surface area contributed by atoms with Crippen LogP contribution in [-0.4, -0.2) is 57.1 Å². The zero-order valence-electron chi connectivity index (χ0n) is 19.7. The molecule has 3 N–H and O–H groups in total. The van der Waals surface area contributed by atoms with Crippen molar-refractivity contribution in [2.45, 2.75) is 23.8 Å². The molecule has 10 heteroatoms. The van der Waals surface area contributed by atoms with Crippen LogP contribution in [0.4, 0.5) is 4.79 Å². The van der Waals surface area contributed by atoms with E-state index in [0.29, 0.717) is 0 Å². The molecular formula is C26H27NO8S. The van der Waals surface area contributed by atoms with Gasteiger partial charge in [0.1, 0.15) is 6.61 Å². The van der Waals surface area contributed by atoms with Crippen LogP contribution < -0.4 is 5.32 Å². The Morgan fingerprint density at radius 1 is 0.972 bits per heavy atom. The highest BCUT2D eigenvalue weighted by Crippen LogP contribution is 2.44. The normalized spacial score (nSPS) is 13.0. The van der Waals surface area contributed by atoms with E-state index in [4.69, 9.17) is 14.9 Å². The van der Waals surface area contributed by atoms with Gasteiger partial charge in [0.2, 0.25) is 0 Å². The number of carboxylic acid groups (broad SMARTS) is 1. The minimum atomic E-state index is -3.52. The number of benzene rings is 3. The van der Waals surface area contributed by atoms with Gasteiger partial charge < -0.3 is 20.3 Å². The van der Waals surface area contributed by atoms with Crippen LogP contribution >= 0.6 is 0 Å². The lowest BCUT2D eigenvalue weighted by atomic mass is 9.98. The number of fused-ring (bicyclic) bond motifs is 3. The smallest absolute Gasteiger partial charge is 0.407 e. The first-order valence-corrected chi connectivity index (χ1v) is 12.4. The van der Waals surface area contributed by atoms with Gasteiger partial charge in [0.15, 0.2) is 6.04 Å². The van der Waals surface area contributed by atoms with Gasteiger partial charge in [0, 0.05) is 5.92 Å². The number of carbonyl (C=O) groups excluding carboxylic acids is 1. The van der Waals surface area contributed by atoms with Crippen molar-refractivity contribution >= 4 is 22.2 Å². The largest absolute Gasteiger partial charge is 0.480 e. The van der Waals surface area contributed by atoms with Crippen LogP contribution in [0.15, 0.2) is 77.7 Å². The molecule has 190 valence electrons. The number of rotatable bonds is 7. The van der Waals surface area contributed by atoms with Crippen molar-refractivity contribution in [3.05, 3.63) is 89.5 Å². The number of amides is 1. The molecule has 0 radical (unpaired) electrons. The summed E-state index contributed by atoms with van der Waals surface area (Å²) in [6, 6.07) is 21.1. The molecule has 0 unspecified atom stereocenters. The van der Waals surface area contributed by atoms with Gasteiger partial charge in [0.05, 0.1) is 18.6 Å². The van der Waals surface area contributed by atoms with E-state index in [9.17, 15) is 18.0 Å². The topological polar surface area (TPSA) is 139 Å². The van der Waals surface area contributed by atoms with E-state index in [1.54, 1.807) is 12.1 Å². The second kappa shape index (κ2) is 11.8. The summed E-state index contributed by atoms with van der Waals surface area (Å²) in [5, 5.41) is 19.9. The Morgan fingerprint density at radius 3 is 2.06 bits per heavy atom. The number of nitrogens with one attached hydrogen (secondary N) is 1. The number of hydrogen-bond acceptors (Lipinski definition) is 7. The number of carboxylic acids is 1. The Hall–Kier alpha value is -3.73. The number of aliphatic hydroxyl groups excluding tert-OH is 1. The Kier molecular flexibility index (Phi) is 8.81. The Balaban J connectivity index is 0.000000253. The number of hydrogen-bond donors (Lipinski definition) is 3. The van der Waals surface area contributed by atoms with Crippen LogP contribution in [0.5, 0.6) is 0 Å². The molecule has 0 saturated carbocycles. The number of aliphatic hydroxyl groups is 1. The molecule has 0 saturated heterocycles. The predicted molar refractivity (Wildman–Crippen MR) is 132 cm³/mol. The summed E-state index contributed by atoms with van der Waals surface area (Å²) in [6.45, 7) is 1.23. The standard InChI is InChI=1S/C18H17NO5.C8H10O3S/c20-9-16(17(21)22)19-18(23)24-10-15-13-7-3-1-5-11(13)12-6-2-4-8-14(12)15;1-7-4-3-5-8(6-7)12(9,10)11-2/h1-8,15-16,20H,9-10H2,(H,19,23)(H,21,22);3-6H,1-2H3/t16-;/m0./s1. The van der Waals surface area contributed by atoms with Gasteiger partial charge in [-0.25, -0.2) is 9.59 Å². The van der Waals surface area contributed by atoms with Gasteiger partial charge >= 0.3 is 12.1 Å². The summed E-state index contributed by atoms with van der Waals surface area (Å²) in [4.78, 5) is 22.8. The van der Waals surface area contributed by atoms with Crippen molar-refractivity contribution in [2.24, 2.45) is 0 Å². The highest BCUT2D eigenvalue weighted by molar-refractivity contribution is 7.86. The van der Waals surface area contributed by atoms with Crippen LogP contribution in [0.3, 0.4) is 0 Å². The van der Waals surface area contributed by atoms with E-state index in [-0.39, 0.29) is 17.4 Å². The summed E-state index contributed by atoms with van der Waals surface area (Å²) < 4.78 is 31.8. The molecule has 0 aromatic heterocycles. The van der Waals surface area contributed by atoms with Crippen molar-refractivity contribution in [1.82, 2.24) is 5.32 Å². The summed E-state index contributed by atoms with van der Waals surface area (Å²) in [5.41, 5.74) is 5.27. The summed E-state index contributed by atoms with van der Waals surface area (Å²) in [6.07, 6.45) is -0.863. The van der Waals surface area contributed by atoms with Crippen molar-refractivity contribution in [3.8, 4) is 11.1 Å². The van der Waals surface area contributed by atoms with Crippen molar-refractivity contribution in [3.63, 3.8) is 0 Å². The fourth-order valence-electron chi connectivity index (χ4n) is 3.83. The number of alkyl carbamates (subject to hydrolysis) is 1. The third-order valence-electron chi connectivity index (χ3n) is 5.61. The van der Waals surface area contributed by atoms with Gasteiger partial charge in [-0.1, -0.05) is 60.7 Å². The molecule has 0 bridgehead atoms. The van der Waals surface area contributed by atoms with Gasteiger partial charge in [0.25, 0.3) is 10.1 Å². The monoisotopic (exact) mass is 513 g/mol. The maximum Gasteiger partial charge on any atom is 0.407 e. The van der Waals surface area contributed by atoms with Gasteiger partial charge in [-0.3, -0.25) is 4.18 Å². The first-order chi connectivity index (χ1) is 17.2. The highest BCUT2D eigenvalue weighted by atomic mass is 32.2. The average molecular weight is 514 g/mol. The Labute approximate surface area is 209 Å². The molecule has 1 aliphatic carbocycles. The van der Waals surface area contributed by atoms with E-state index in [1.807, 2.05) is 61.5 Å². The van der Waals surface area contributed by atoms with Crippen LogP contribution in [0.1, 0.15) is 22.6 Å². The number of carbonyl (C=O) groups is 2. The van der Waals surface area contributed by atoms with E-state index in [0.717, 1.165) is 34.9 Å². The maximum absolute atomic E-state index is 11.8. The summed E-state index contributed by atoms with van der Waals surface area (Å²) in [7, 11) is -2.37. The number of aryl methyl sites for hydroxylation is 1. The first-order valence-electron chi connectivity index (χ1n) is 11.0. The van der Waals surface area contributed by atoms with Crippen LogP contribution in [0, 0.1) is 6.92 Å². The van der Waals surface area contributed by atoms with Crippen molar-refractivity contribution in [2.75, 3.05) is 20.3 Å². The van der Waals surface area contributed by atoms with Crippen molar-refractivity contribution in [1.29, 1.82) is 0 Å². The molecule has 4 rings (SSSR count). The Morgan fingerprint density at radius 2 is 1.56 bits per heavy atom. The van der Waals surface area contributed by atoms with Crippen LogP contribution in [-0.2, 0) is 23.8 Å². The highest BCUT2D eigenvalue weighted by Gasteiger charge is 2.29. The SMILES string of the molecule is COS(=O)(=O)c1cccc(C)c1.O=C(N[C@@H](CO)C(=O)O)OCC1c2ccccc2-c2ccccc21. The van der Waals surface area contributed by atoms with E-state index < -0.39 is 34.8 Å². The molecule has 1 aliphatic rings. The molecule has 3 aromatic carbocycles. The zero-order chi connectivity index (χ0) is 26.3. The van der Waals surface area contributed by atoms with E-state index in [2.05, 4.69) is 9.50 Å². The molecule has 9 nitrogen and oxygen atoms in total. The third-order valence-corrected chi connectivity index (χ3v) is 6.88. The van der Waals surface area contributed by atoms with Gasteiger partial charge in [-0.05, 0) is 46.9 Å². The minimum Gasteiger partial charge on any atom is -0.480 e. The summed E-state index contributed by atoms with van der Waals surface area (Å²) >= 11 is 0. The lowest BCUT2D eigenvalue weighted by Gasteiger charge is -2.16. The molecule has 0 spiro atoms. The molecular weight excluding hydrogens is 486 g/mol. The van der Waals surface area contributed by atoms with Gasteiger partial charge in [-0.2, -0.15) is 8.42 Å². The Bertz CT molecular complexity index is 1290. The first kappa shape index (κ1) is 26.9. The second-order valence-electron chi connectivity index (χ2n) is 7.98. The number of aliphatic carboxylic acids is 1. The lowest BCUT2D eigenvalue weighted by Crippen LogP contribution is -2.43. The molecule has 1 amide bonds. The molecule has 0 aliphatic heterocycles. The fourth-order valence-corrected chi connectivity index (χ4v) is 4.60. The zero-order valence-corrected chi connectivity index (χ0v) is 20.6. The summed E-state index contributed by atoms with van der Waals surface area (Å²) in [5.74, 6) is -1.41. The second-order valence-corrected chi connectivity index (χ2v) is 9.69. The predicted octanol–water partition coefficient (Wildman–Crippen LogP) is 3.30. The number of ether oxygens (including phenoxy) is 1. The molecule has 0 heterocycles. The third kappa shape index (κ3) is 6.28.